The van der Waals surface area contributed by atoms with Crippen molar-refractivity contribution in [2.75, 3.05) is 7.11 Å². The molecule has 1 unspecified atom stereocenters. The van der Waals surface area contributed by atoms with E-state index in [9.17, 15) is 4.79 Å². The first-order chi connectivity index (χ1) is 6.56. The first-order valence-corrected chi connectivity index (χ1v) is 4.64. The Morgan fingerprint density at radius 2 is 2.36 bits per heavy atom. The Kier molecular flexibility index (Phi) is 3.40. The van der Waals surface area contributed by atoms with Gasteiger partial charge in [-0.15, -0.1) is 0 Å². The second-order valence-corrected chi connectivity index (χ2v) is 3.50. The van der Waals surface area contributed by atoms with Crippen molar-refractivity contribution in [2.24, 2.45) is 0 Å². The molecule has 76 valence electrons. The maximum absolute atomic E-state index is 10.7. The lowest BCUT2D eigenvalue weighted by atomic mass is 10.2. The predicted octanol–water partition coefficient (Wildman–Crippen LogP) is 1.44. The van der Waals surface area contributed by atoms with Gasteiger partial charge >= 0.3 is 5.97 Å². The monoisotopic (exact) mass is 260 g/mol. The van der Waals surface area contributed by atoms with E-state index in [0.717, 1.165) is 0 Å². The van der Waals surface area contributed by atoms with Crippen LogP contribution in [0.2, 0.25) is 0 Å². The van der Waals surface area contributed by atoms with Gasteiger partial charge in [0.15, 0.2) is 0 Å². The number of ether oxygens (including phenoxy) is 1. The zero-order valence-corrected chi connectivity index (χ0v) is 9.28. The zero-order valence-electron chi connectivity index (χ0n) is 7.69. The maximum atomic E-state index is 10.7. The molecule has 0 aliphatic rings. The third kappa shape index (κ3) is 2.20. The minimum absolute atomic E-state index is 0.234. The van der Waals surface area contributed by atoms with Crippen LogP contribution in [0.1, 0.15) is 18.7 Å². The predicted molar refractivity (Wildman–Crippen MR) is 52.3 cm³/mol. The van der Waals surface area contributed by atoms with Crippen molar-refractivity contribution < 1.29 is 14.6 Å². The Labute approximate surface area is 89.3 Å². The van der Waals surface area contributed by atoms with Gasteiger partial charge in [0, 0.05) is 6.20 Å². The van der Waals surface area contributed by atoms with Gasteiger partial charge in [-0.3, -0.25) is 4.79 Å². The van der Waals surface area contributed by atoms with Crippen molar-refractivity contribution in [1.82, 2.24) is 9.97 Å². The number of methoxy groups -OCH3 is 1. The number of hydrogen-bond donors (Lipinski definition) is 1. The van der Waals surface area contributed by atoms with E-state index in [-0.39, 0.29) is 5.82 Å². The Balaban J connectivity index is 3.06. The molecule has 0 radical (unpaired) electrons. The quantitative estimate of drug-likeness (QED) is 0.891. The molecule has 0 saturated carbocycles. The highest BCUT2D eigenvalue weighted by molar-refractivity contribution is 9.10. The van der Waals surface area contributed by atoms with Crippen LogP contribution in [-0.4, -0.2) is 28.2 Å². The Hall–Kier alpha value is -1.17. The van der Waals surface area contributed by atoms with E-state index in [1.807, 2.05) is 0 Å². The van der Waals surface area contributed by atoms with Crippen molar-refractivity contribution in [3.63, 3.8) is 0 Å². The number of carbonyl (C=O) groups is 1. The van der Waals surface area contributed by atoms with Crippen molar-refractivity contribution in [1.29, 1.82) is 0 Å². The lowest BCUT2D eigenvalue weighted by Crippen LogP contribution is -2.11. The fourth-order valence-electron chi connectivity index (χ4n) is 0.827. The van der Waals surface area contributed by atoms with Gasteiger partial charge in [-0.2, -0.15) is 4.98 Å². The molecule has 0 amide bonds. The van der Waals surface area contributed by atoms with Gasteiger partial charge in [-0.1, -0.05) is 0 Å². The molecule has 5 nitrogen and oxygen atoms in total. The lowest BCUT2D eigenvalue weighted by molar-refractivity contribution is -0.138. The molecular formula is C8H9BrN2O3. The molecule has 1 N–H and O–H groups in total. The summed E-state index contributed by atoms with van der Waals surface area (Å²) in [5, 5.41) is 8.74. The number of aliphatic carboxylic acids is 1. The van der Waals surface area contributed by atoms with Crippen LogP contribution in [0.5, 0.6) is 5.88 Å². The van der Waals surface area contributed by atoms with Gasteiger partial charge in [0.1, 0.15) is 11.7 Å². The topological polar surface area (TPSA) is 72.3 Å². The summed E-state index contributed by atoms with van der Waals surface area (Å²) < 4.78 is 5.52. The molecule has 0 fully saturated rings. The van der Waals surface area contributed by atoms with E-state index in [0.29, 0.717) is 10.4 Å². The standard InChI is InChI=1S/C8H9BrN2O3/c1-4(8(12)13)6-10-3-5(9)7(11-6)14-2/h3-4H,1-2H3,(H,12,13). The smallest absolute Gasteiger partial charge is 0.313 e. The highest BCUT2D eigenvalue weighted by atomic mass is 79.9. The first-order valence-electron chi connectivity index (χ1n) is 3.85. The van der Waals surface area contributed by atoms with Gasteiger partial charge in [-0.05, 0) is 22.9 Å². The molecule has 1 heterocycles. The summed E-state index contributed by atoms with van der Waals surface area (Å²) >= 11 is 3.18. The third-order valence-corrected chi connectivity index (χ3v) is 2.23. The first kappa shape index (κ1) is 10.9. The third-order valence-electron chi connectivity index (χ3n) is 1.68. The number of rotatable bonds is 3. The zero-order chi connectivity index (χ0) is 10.7. The van der Waals surface area contributed by atoms with Gasteiger partial charge in [0.2, 0.25) is 5.88 Å². The van der Waals surface area contributed by atoms with Gasteiger partial charge < -0.3 is 9.84 Å². The number of carboxylic acid groups (broad SMARTS) is 1. The summed E-state index contributed by atoms with van der Waals surface area (Å²) in [7, 11) is 1.46. The van der Waals surface area contributed by atoms with E-state index in [4.69, 9.17) is 9.84 Å². The molecule has 1 rings (SSSR count). The second kappa shape index (κ2) is 4.36. The molecule has 0 aromatic carbocycles. The molecule has 0 aliphatic heterocycles. The average Bonchev–Trinajstić information content (AvgIpc) is 2.17. The van der Waals surface area contributed by atoms with E-state index in [2.05, 4.69) is 25.9 Å². The lowest BCUT2D eigenvalue weighted by Gasteiger charge is -2.07. The Morgan fingerprint density at radius 3 is 2.86 bits per heavy atom. The summed E-state index contributed by atoms with van der Waals surface area (Å²) in [6.45, 7) is 1.52. The van der Waals surface area contributed by atoms with Crippen LogP contribution in [0.3, 0.4) is 0 Å². The molecule has 6 heteroatoms. The van der Waals surface area contributed by atoms with Crippen LogP contribution in [0.4, 0.5) is 0 Å². The molecule has 0 aliphatic carbocycles. The van der Waals surface area contributed by atoms with Crippen LogP contribution >= 0.6 is 15.9 Å². The van der Waals surface area contributed by atoms with Gasteiger partial charge in [-0.25, -0.2) is 4.98 Å². The largest absolute Gasteiger partial charge is 0.481 e. The van der Waals surface area contributed by atoms with Crippen molar-refractivity contribution >= 4 is 21.9 Å². The SMILES string of the molecule is COc1nc(C(C)C(=O)O)ncc1Br. The molecule has 0 bridgehead atoms. The van der Waals surface area contributed by atoms with Crippen LogP contribution in [0.15, 0.2) is 10.7 Å². The summed E-state index contributed by atoms with van der Waals surface area (Å²) in [5.41, 5.74) is 0. The van der Waals surface area contributed by atoms with Crippen LogP contribution in [-0.2, 0) is 4.79 Å². The van der Waals surface area contributed by atoms with Gasteiger partial charge in [0.25, 0.3) is 0 Å². The van der Waals surface area contributed by atoms with E-state index < -0.39 is 11.9 Å². The summed E-state index contributed by atoms with van der Waals surface area (Å²) in [4.78, 5) is 18.5. The van der Waals surface area contributed by atoms with E-state index in [1.165, 1.54) is 20.2 Å². The number of aromatic nitrogens is 2. The Morgan fingerprint density at radius 1 is 1.71 bits per heavy atom. The average molecular weight is 261 g/mol. The second-order valence-electron chi connectivity index (χ2n) is 2.65. The van der Waals surface area contributed by atoms with Crippen LogP contribution in [0.25, 0.3) is 0 Å². The number of nitrogens with zero attached hydrogens (tertiary/aromatic N) is 2. The summed E-state index contributed by atoms with van der Waals surface area (Å²) in [6, 6.07) is 0. The van der Waals surface area contributed by atoms with E-state index in [1.54, 1.807) is 0 Å². The highest BCUT2D eigenvalue weighted by Gasteiger charge is 2.18. The molecule has 14 heavy (non-hydrogen) atoms. The normalized spacial score (nSPS) is 12.2. The fourth-order valence-corrected chi connectivity index (χ4v) is 1.18. The van der Waals surface area contributed by atoms with Crippen LogP contribution in [0, 0.1) is 0 Å². The maximum Gasteiger partial charge on any atom is 0.313 e. The number of hydrogen-bond acceptors (Lipinski definition) is 4. The summed E-state index contributed by atoms with van der Waals surface area (Å²) in [6.07, 6.45) is 1.47. The molecule has 1 atom stereocenters. The van der Waals surface area contributed by atoms with Crippen molar-refractivity contribution in [3.05, 3.63) is 16.5 Å². The number of halogens is 1. The highest BCUT2D eigenvalue weighted by Crippen LogP contribution is 2.22. The van der Waals surface area contributed by atoms with E-state index >= 15 is 0 Å². The van der Waals surface area contributed by atoms with Crippen molar-refractivity contribution in [3.8, 4) is 5.88 Å². The van der Waals surface area contributed by atoms with Gasteiger partial charge in [0.05, 0.1) is 11.6 Å². The molecule has 0 spiro atoms. The molecule has 0 saturated heterocycles. The fraction of sp³-hybridized carbons (Fsp3) is 0.375. The Bertz CT molecular complexity index is 356. The van der Waals surface area contributed by atoms with Crippen molar-refractivity contribution in [2.45, 2.75) is 12.8 Å². The molecule has 1 aromatic rings. The molecule has 1 aromatic heterocycles. The molecular weight excluding hydrogens is 252 g/mol. The number of carboxylic acids is 1. The summed E-state index contributed by atoms with van der Waals surface area (Å²) in [5.74, 6) is -1.13. The minimum atomic E-state index is -0.964. The van der Waals surface area contributed by atoms with Crippen LogP contribution < -0.4 is 4.74 Å². The minimum Gasteiger partial charge on any atom is -0.481 e.